The third-order valence-corrected chi connectivity index (χ3v) is 5.90. The summed E-state index contributed by atoms with van der Waals surface area (Å²) in [4.78, 5) is 5.47. The fourth-order valence-corrected chi connectivity index (χ4v) is 4.59. The average molecular weight is 251 g/mol. The summed E-state index contributed by atoms with van der Waals surface area (Å²) in [5.41, 5.74) is 6.55. The van der Waals surface area contributed by atoms with Gasteiger partial charge in [0.2, 0.25) is 0 Å². The monoisotopic (exact) mass is 251 g/mol. The predicted molar refractivity (Wildman–Crippen MR) is 75.6 cm³/mol. The van der Waals surface area contributed by atoms with Crippen LogP contribution in [-0.4, -0.2) is 54.1 Å². The molecule has 3 nitrogen and oxygen atoms in total. The van der Waals surface area contributed by atoms with E-state index in [1.54, 1.807) is 0 Å². The van der Waals surface area contributed by atoms with Crippen molar-refractivity contribution in [2.45, 2.75) is 57.0 Å². The van der Waals surface area contributed by atoms with Crippen LogP contribution < -0.4 is 5.73 Å². The van der Waals surface area contributed by atoms with Crippen LogP contribution in [-0.2, 0) is 0 Å². The summed E-state index contributed by atoms with van der Waals surface area (Å²) in [6.07, 6.45) is 8.26. The fourth-order valence-electron chi connectivity index (χ4n) is 4.59. The lowest BCUT2D eigenvalue weighted by Crippen LogP contribution is -2.61. The standard InChI is InChI=1S/C15H29N3/c1-2-13-5-6-15(10-13,12-16)18-9-8-17-7-3-4-14(17)11-18/h13-14H,2-12,16H2,1H3. The maximum atomic E-state index is 6.20. The second-order valence-corrected chi connectivity index (χ2v) is 6.72. The Labute approximate surface area is 112 Å². The minimum Gasteiger partial charge on any atom is -0.329 e. The first kappa shape index (κ1) is 12.9. The van der Waals surface area contributed by atoms with Crippen LogP contribution in [0.2, 0.25) is 0 Å². The Kier molecular flexibility index (Phi) is 3.65. The Morgan fingerprint density at radius 3 is 2.83 bits per heavy atom. The van der Waals surface area contributed by atoms with E-state index in [9.17, 15) is 0 Å². The Morgan fingerprint density at radius 1 is 1.22 bits per heavy atom. The van der Waals surface area contributed by atoms with Gasteiger partial charge in [-0.15, -0.1) is 0 Å². The number of rotatable bonds is 3. The van der Waals surface area contributed by atoms with Crippen LogP contribution in [0.4, 0.5) is 0 Å². The van der Waals surface area contributed by atoms with E-state index in [1.165, 1.54) is 64.7 Å². The first-order valence-corrected chi connectivity index (χ1v) is 7.96. The minimum atomic E-state index is 0.357. The second-order valence-electron chi connectivity index (χ2n) is 6.72. The number of nitrogens with zero attached hydrogens (tertiary/aromatic N) is 2. The van der Waals surface area contributed by atoms with E-state index in [0.717, 1.165) is 18.5 Å². The summed E-state index contributed by atoms with van der Waals surface area (Å²) in [7, 11) is 0. The molecule has 0 amide bonds. The van der Waals surface area contributed by atoms with Crippen molar-refractivity contribution in [3.8, 4) is 0 Å². The molecule has 0 radical (unpaired) electrons. The van der Waals surface area contributed by atoms with Crippen molar-refractivity contribution >= 4 is 0 Å². The molecule has 3 fully saturated rings. The quantitative estimate of drug-likeness (QED) is 0.828. The third-order valence-electron chi connectivity index (χ3n) is 5.90. The lowest BCUT2D eigenvalue weighted by Gasteiger charge is -2.47. The van der Waals surface area contributed by atoms with Crippen LogP contribution in [0, 0.1) is 5.92 Å². The summed E-state index contributed by atoms with van der Waals surface area (Å²) in [6, 6.07) is 0.836. The lowest BCUT2D eigenvalue weighted by atomic mass is 9.91. The van der Waals surface area contributed by atoms with Gasteiger partial charge >= 0.3 is 0 Å². The smallest absolute Gasteiger partial charge is 0.0335 e. The SMILES string of the molecule is CCC1CCC(CN)(N2CCN3CCCC3C2)C1. The van der Waals surface area contributed by atoms with Crippen molar-refractivity contribution in [2.75, 3.05) is 32.7 Å². The van der Waals surface area contributed by atoms with Gasteiger partial charge in [-0.3, -0.25) is 9.80 Å². The van der Waals surface area contributed by atoms with Crippen molar-refractivity contribution in [1.82, 2.24) is 9.80 Å². The van der Waals surface area contributed by atoms with E-state index in [1.807, 2.05) is 0 Å². The van der Waals surface area contributed by atoms with Crippen LogP contribution in [0.5, 0.6) is 0 Å². The molecule has 3 heteroatoms. The molecule has 3 atom stereocenters. The molecule has 1 saturated carbocycles. The molecule has 1 aliphatic carbocycles. The molecule has 104 valence electrons. The molecule has 3 rings (SSSR count). The van der Waals surface area contributed by atoms with Crippen molar-refractivity contribution in [1.29, 1.82) is 0 Å². The molecular weight excluding hydrogens is 222 g/mol. The minimum absolute atomic E-state index is 0.357. The van der Waals surface area contributed by atoms with Gasteiger partial charge in [0.1, 0.15) is 0 Å². The molecule has 0 spiro atoms. The highest BCUT2D eigenvalue weighted by Gasteiger charge is 2.45. The van der Waals surface area contributed by atoms with Gasteiger partial charge in [-0.05, 0) is 44.6 Å². The van der Waals surface area contributed by atoms with E-state index in [2.05, 4.69) is 16.7 Å². The molecule has 2 aliphatic heterocycles. The van der Waals surface area contributed by atoms with Crippen molar-refractivity contribution in [2.24, 2.45) is 11.7 Å². The fraction of sp³-hybridized carbons (Fsp3) is 1.00. The van der Waals surface area contributed by atoms with Gasteiger partial charge in [-0.1, -0.05) is 13.3 Å². The van der Waals surface area contributed by atoms with Crippen LogP contribution in [0.15, 0.2) is 0 Å². The summed E-state index contributed by atoms with van der Waals surface area (Å²) in [5, 5.41) is 0. The average Bonchev–Trinajstić information content (AvgIpc) is 3.05. The molecule has 2 saturated heterocycles. The Hall–Kier alpha value is -0.120. The molecule has 0 aromatic heterocycles. The summed E-state index contributed by atoms with van der Waals surface area (Å²) >= 11 is 0. The Balaban J connectivity index is 1.69. The highest BCUT2D eigenvalue weighted by molar-refractivity contribution is 5.02. The first-order valence-electron chi connectivity index (χ1n) is 7.96. The molecule has 2 N–H and O–H groups in total. The zero-order chi connectivity index (χ0) is 12.6. The van der Waals surface area contributed by atoms with E-state index in [4.69, 9.17) is 5.73 Å². The summed E-state index contributed by atoms with van der Waals surface area (Å²) in [6.45, 7) is 8.37. The maximum absolute atomic E-state index is 6.20. The van der Waals surface area contributed by atoms with Gasteiger partial charge in [0.15, 0.2) is 0 Å². The largest absolute Gasteiger partial charge is 0.329 e. The lowest BCUT2D eigenvalue weighted by molar-refractivity contribution is 0.0190. The second kappa shape index (κ2) is 5.10. The molecule has 18 heavy (non-hydrogen) atoms. The van der Waals surface area contributed by atoms with Crippen LogP contribution >= 0.6 is 0 Å². The van der Waals surface area contributed by atoms with Crippen LogP contribution in [0.3, 0.4) is 0 Å². The number of nitrogens with two attached hydrogens (primary N) is 1. The highest BCUT2D eigenvalue weighted by Crippen LogP contribution is 2.41. The molecule has 0 aromatic rings. The zero-order valence-electron chi connectivity index (χ0n) is 11.9. The first-order chi connectivity index (χ1) is 8.77. The van der Waals surface area contributed by atoms with E-state index < -0.39 is 0 Å². The normalized spacial score (nSPS) is 42.3. The maximum Gasteiger partial charge on any atom is 0.0335 e. The molecule has 2 heterocycles. The summed E-state index contributed by atoms with van der Waals surface area (Å²) < 4.78 is 0. The van der Waals surface area contributed by atoms with Gasteiger partial charge in [-0.2, -0.15) is 0 Å². The zero-order valence-corrected chi connectivity index (χ0v) is 11.9. The van der Waals surface area contributed by atoms with Crippen molar-refractivity contribution in [3.05, 3.63) is 0 Å². The molecule has 0 aromatic carbocycles. The van der Waals surface area contributed by atoms with Gasteiger partial charge < -0.3 is 5.73 Å². The molecule has 3 aliphatic rings. The van der Waals surface area contributed by atoms with E-state index in [0.29, 0.717) is 5.54 Å². The number of piperazine rings is 1. The molecular formula is C15H29N3. The van der Waals surface area contributed by atoms with E-state index >= 15 is 0 Å². The third kappa shape index (κ3) is 2.10. The van der Waals surface area contributed by atoms with Crippen molar-refractivity contribution in [3.63, 3.8) is 0 Å². The molecule has 0 bridgehead atoms. The topological polar surface area (TPSA) is 32.5 Å². The Morgan fingerprint density at radius 2 is 2.11 bits per heavy atom. The number of fused-ring (bicyclic) bond motifs is 1. The number of hydrogen-bond acceptors (Lipinski definition) is 3. The van der Waals surface area contributed by atoms with Crippen LogP contribution in [0.1, 0.15) is 45.4 Å². The Bertz CT molecular complexity index is 293. The van der Waals surface area contributed by atoms with Gasteiger partial charge in [0.25, 0.3) is 0 Å². The molecule has 3 unspecified atom stereocenters. The van der Waals surface area contributed by atoms with Crippen molar-refractivity contribution < 1.29 is 0 Å². The van der Waals surface area contributed by atoms with Crippen LogP contribution in [0.25, 0.3) is 0 Å². The highest BCUT2D eigenvalue weighted by atomic mass is 15.3. The summed E-state index contributed by atoms with van der Waals surface area (Å²) in [5.74, 6) is 0.926. The van der Waals surface area contributed by atoms with Gasteiger partial charge in [-0.25, -0.2) is 0 Å². The van der Waals surface area contributed by atoms with Gasteiger partial charge in [0.05, 0.1) is 0 Å². The predicted octanol–water partition coefficient (Wildman–Crippen LogP) is 1.67. The number of hydrogen-bond donors (Lipinski definition) is 1. The van der Waals surface area contributed by atoms with E-state index in [-0.39, 0.29) is 0 Å². The van der Waals surface area contributed by atoms with Gasteiger partial charge in [0, 0.05) is 37.8 Å².